The number of nitrogens with one attached hydrogen (secondary N) is 1. The first-order valence-electron chi connectivity index (χ1n) is 12.0. The molecule has 0 spiro atoms. The van der Waals surface area contributed by atoms with Crippen molar-refractivity contribution in [2.75, 3.05) is 31.2 Å². The van der Waals surface area contributed by atoms with Gasteiger partial charge in [-0.3, -0.25) is 9.89 Å². The summed E-state index contributed by atoms with van der Waals surface area (Å²) in [5, 5.41) is 9.21. The van der Waals surface area contributed by atoms with Crippen LogP contribution < -0.4 is 4.90 Å². The standard InChI is InChI=1S/C26H29ClN4O2/c27-23-7-4-19(15-25(23)30-8-10-33-11-9-30)26(32)31-20-5-6-21(31)14-17(13-20)12-18-2-1-3-24-22(18)16-28-29-24/h1-4,7,15-17,20-21H,5-6,8-14H2,(H,28,29)/t20-,21-/m0/s1. The summed E-state index contributed by atoms with van der Waals surface area (Å²) in [5.41, 5.74) is 4.15. The number of rotatable bonds is 4. The van der Waals surface area contributed by atoms with E-state index in [1.165, 1.54) is 10.9 Å². The van der Waals surface area contributed by atoms with Gasteiger partial charge in [0, 0.05) is 36.1 Å². The van der Waals surface area contributed by atoms with Gasteiger partial charge in [0.2, 0.25) is 0 Å². The van der Waals surface area contributed by atoms with Crippen molar-refractivity contribution in [3.05, 3.63) is 58.7 Å². The molecule has 172 valence electrons. The molecule has 2 bridgehead atoms. The zero-order chi connectivity index (χ0) is 22.4. The number of nitrogens with zero attached hydrogens (tertiary/aromatic N) is 3. The summed E-state index contributed by atoms with van der Waals surface area (Å²) < 4.78 is 5.48. The summed E-state index contributed by atoms with van der Waals surface area (Å²) in [4.78, 5) is 18.0. The molecule has 3 aromatic rings. The third-order valence-corrected chi connectivity index (χ3v) is 8.01. The van der Waals surface area contributed by atoms with Gasteiger partial charge in [-0.05, 0) is 67.9 Å². The Balaban J connectivity index is 1.19. The van der Waals surface area contributed by atoms with Crippen LogP contribution >= 0.6 is 11.6 Å². The van der Waals surface area contributed by atoms with Crippen molar-refractivity contribution in [3.63, 3.8) is 0 Å². The smallest absolute Gasteiger partial charge is 0.254 e. The molecule has 3 aliphatic heterocycles. The Morgan fingerprint density at radius 1 is 1.12 bits per heavy atom. The number of hydrogen-bond donors (Lipinski definition) is 1. The van der Waals surface area contributed by atoms with E-state index in [0.717, 1.165) is 62.0 Å². The number of H-pyrrole nitrogens is 1. The number of fused-ring (bicyclic) bond motifs is 3. The van der Waals surface area contributed by atoms with Crippen LogP contribution in [0.4, 0.5) is 5.69 Å². The minimum absolute atomic E-state index is 0.157. The van der Waals surface area contributed by atoms with E-state index in [-0.39, 0.29) is 5.91 Å². The number of halogens is 1. The van der Waals surface area contributed by atoms with Crippen LogP contribution in [0, 0.1) is 5.92 Å². The Hall–Kier alpha value is -2.57. The molecule has 2 aromatic carbocycles. The molecule has 1 amide bonds. The summed E-state index contributed by atoms with van der Waals surface area (Å²) in [6.07, 6.45) is 7.33. The maximum atomic E-state index is 13.6. The van der Waals surface area contributed by atoms with Crippen molar-refractivity contribution in [2.24, 2.45) is 5.92 Å². The van der Waals surface area contributed by atoms with E-state index in [2.05, 4.69) is 38.2 Å². The van der Waals surface area contributed by atoms with Crippen molar-refractivity contribution in [1.29, 1.82) is 0 Å². The fourth-order valence-corrected chi connectivity index (χ4v) is 6.38. The summed E-state index contributed by atoms with van der Waals surface area (Å²) in [6, 6.07) is 12.8. The van der Waals surface area contributed by atoms with Gasteiger partial charge in [-0.15, -0.1) is 0 Å². The quantitative estimate of drug-likeness (QED) is 0.609. The molecule has 0 unspecified atom stereocenters. The SMILES string of the molecule is O=C(c1ccc(Cl)c(N2CCOCC2)c1)N1[C@H]2CC[C@H]1CC(Cc1cccc3[nH]ncc13)C2. The number of benzene rings is 2. The second-order valence-electron chi connectivity index (χ2n) is 9.65. The van der Waals surface area contributed by atoms with Gasteiger partial charge in [-0.1, -0.05) is 23.7 Å². The van der Waals surface area contributed by atoms with E-state index < -0.39 is 0 Å². The number of ether oxygens (including phenoxy) is 1. The number of aromatic amines is 1. The molecule has 0 saturated carbocycles. The molecule has 0 aliphatic carbocycles. The molecule has 4 heterocycles. The topological polar surface area (TPSA) is 61.5 Å². The Bertz CT molecular complexity index is 1160. The minimum atomic E-state index is 0.157. The molecule has 6 nitrogen and oxygen atoms in total. The average Bonchev–Trinajstić information content (AvgIpc) is 3.42. The van der Waals surface area contributed by atoms with Gasteiger partial charge in [0.25, 0.3) is 5.91 Å². The summed E-state index contributed by atoms with van der Waals surface area (Å²) >= 11 is 6.50. The van der Waals surface area contributed by atoms with Gasteiger partial charge in [0.15, 0.2) is 0 Å². The highest BCUT2D eigenvalue weighted by Gasteiger charge is 2.43. The van der Waals surface area contributed by atoms with E-state index >= 15 is 0 Å². The Morgan fingerprint density at radius 3 is 2.70 bits per heavy atom. The van der Waals surface area contributed by atoms with E-state index in [4.69, 9.17) is 16.3 Å². The predicted octanol–water partition coefficient (Wildman–Crippen LogP) is 4.68. The number of hydrogen-bond acceptors (Lipinski definition) is 4. The number of aromatic nitrogens is 2. The zero-order valence-corrected chi connectivity index (χ0v) is 19.4. The lowest BCUT2D eigenvalue weighted by Gasteiger charge is -2.39. The number of piperidine rings is 1. The number of carbonyl (C=O) groups is 1. The molecule has 0 radical (unpaired) electrons. The number of anilines is 1. The molecular weight excluding hydrogens is 436 g/mol. The van der Waals surface area contributed by atoms with Crippen LogP contribution in [0.1, 0.15) is 41.6 Å². The number of morpholine rings is 1. The van der Waals surface area contributed by atoms with Gasteiger partial charge in [0.05, 0.1) is 35.6 Å². The van der Waals surface area contributed by atoms with Crippen molar-refractivity contribution >= 4 is 34.1 Å². The molecule has 33 heavy (non-hydrogen) atoms. The van der Waals surface area contributed by atoms with Gasteiger partial charge >= 0.3 is 0 Å². The fourth-order valence-electron chi connectivity index (χ4n) is 6.15. The van der Waals surface area contributed by atoms with Gasteiger partial charge in [-0.25, -0.2) is 0 Å². The van der Waals surface area contributed by atoms with E-state index in [1.807, 2.05) is 24.4 Å². The molecule has 2 atom stereocenters. The van der Waals surface area contributed by atoms with Crippen LogP contribution in [0.3, 0.4) is 0 Å². The Morgan fingerprint density at radius 2 is 1.91 bits per heavy atom. The van der Waals surface area contributed by atoms with Crippen LogP contribution in [0.15, 0.2) is 42.6 Å². The van der Waals surface area contributed by atoms with Crippen LogP contribution in [-0.2, 0) is 11.2 Å². The zero-order valence-electron chi connectivity index (χ0n) is 18.7. The van der Waals surface area contributed by atoms with Crippen LogP contribution in [0.5, 0.6) is 0 Å². The molecule has 7 heteroatoms. The van der Waals surface area contributed by atoms with Crippen molar-refractivity contribution < 1.29 is 9.53 Å². The van der Waals surface area contributed by atoms with Crippen molar-refractivity contribution in [1.82, 2.24) is 15.1 Å². The Labute approximate surface area is 198 Å². The van der Waals surface area contributed by atoms with E-state index in [9.17, 15) is 4.79 Å². The van der Waals surface area contributed by atoms with Gasteiger partial charge in [0.1, 0.15) is 0 Å². The monoisotopic (exact) mass is 464 g/mol. The van der Waals surface area contributed by atoms with Crippen molar-refractivity contribution in [3.8, 4) is 0 Å². The van der Waals surface area contributed by atoms with Crippen LogP contribution in [0.25, 0.3) is 10.9 Å². The second-order valence-corrected chi connectivity index (χ2v) is 10.1. The van der Waals surface area contributed by atoms with E-state index in [0.29, 0.717) is 36.2 Å². The van der Waals surface area contributed by atoms with Gasteiger partial charge < -0.3 is 14.5 Å². The largest absolute Gasteiger partial charge is 0.378 e. The first-order chi connectivity index (χ1) is 16.2. The lowest BCUT2D eigenvalue weighted by molar-refractivity contribution is 0.0525. The molecule has 3 saturated heterocycles. The van der Waals surface area contributed by atoms with E-state index in [1.54, 1.807) is 0 Å². The summed E-state index contributed by atoms with van der Waals surface area (Å²) in [6.45, 7) is 2.99. The molecule has 1 N–H and O–H groups in total. The highest BCUT2D eigenvalue weighted by atomic mass is 35.5. The normalized spacial score (nSPS) is 25.1. The first kappa shape index (κ1) is 21.0. The third-order valence-electron chi connectivity index (χ3n) is 7.69. The minimum Gasteiger partial charge on any atom is -0.378 e. The average molecular weight is 465 g/mol. The Kier molecular flexibility index (Phi) is 5.51. The molecule has 6 rings (SSSR count). The fraction of sp³-hybridized carbons (Fsp3) is 0.462. The number of carbonyl (C=O) groups excluding carboxylic acids is 1. The molecular formula is C26H29ClN4O2. The number of amides is 1. The lowest BCUT2D eigenvalue weighted by Crippen LogP contribution is -2.47. The third kappa shape index (κ3) is 3.89. The first-order valence-corrected chi connectivity index (χ1v) is 12.4. The van der Waals surface area contributed by atoms with Gasteiger partial charge in [-0.2, -0.15) is 5.10 Å². The summed E-state index contributed by atoms with van der Waals surface area (Å²) in [7, 11) is 0. The van der Waals surface area contributed by atoms with Crippen molar-refractivity contribution in [2.45, 2.75) is 44.2 Å². The predicted molar refractivity (Wildman–Crippen MR) is 130 cm³/mol. The highest BCUT2D eigenvalue weighted by molar-refractivity contribution is 6.33. The second kappa shape index (κ2) is 8.65. The maximum absolute atomic E-state index is 13.6. The molecule has 3 aliphatic rings. The highest BCUT2D eigenvalue weighted by Crippen LogP contribution is 2.41. The van der Waals surface area contributed by atoms with Crippen LogP contribution in [-0.4, -0.2) is 59.4 Å². The van der Waals surface area contributed by atoms with Crippen LogP contribution in [0.2, 0.25) is 5.02 Å². The molecule has 1 aromatic heterocycles. The lowest BCUT2D eigenvalue weighted by atomic mass is 9.85. The maximum Gasteiger partial charge on any atom is 0.254 e. The molecule has 3 fully saturated rings. The summed E-state index contributed by atoms with van der Waals surface area (Å²) in [5.74, 6) is 0.755.